The summed E-state index contributed by atoms with van der Waals surface area (Å²) in [5, 5.41) is 3.76. The summed E-state index contributed by atoms with van der Waals surface area (Å²) in [4.78, 5) is 28.8. The van der Waals surface area contributed by atoms with E-state index in [1.165, 1.54) is 6.92 Å². The molecule has 0 radical (unpaired) electrons. The first kappa shape index (κ1) is 17.0. The van der Waals surface area contributed by atoms with Gasteiger partial charge in [0.15, 0.2) is 5.78 Å². The maximum Gasteiger partial charge on any atom is 0.331 e. The van der Waals surface area contributed by atoms with Crippen molar-refractivity contribution in [3.8, 4) is 0 Å². The Morgan fingerprint density at radius 3 is 1.74 bits per heavy atom. The first-order valence-corrected chi connectivity index (χ1v) is 7.89. The van der Waals surface area contributed by atoms with Gasteiger partial charge in [0.1, 0.15) is 0 Å². The van der Waals surface area contributed by atoms with Crippen molar-refractivity contribution in [3.05, 3.63) is 59.7 Å². The molecule has 0 heterocycles. The Kier molecular flexibility index (Phi) is 5.71. The van der Waals surface area contributed by atoms with Crippen LogP contribution in [0.1, 0.15) is 36.7 Å². The second-order valence-corrected chi connectivity index (χ2v) is 6.11. The molecule has 23 heavy (non-hydrogen) atoms. The van der Waals surface area contributed by atoms with Crippen LogP contribution < -0.4 is 0 Å². The summed E-state index contributed by atoms with van der Waals surface area (Å²) in [5.74, 6) is -0.376. The molecule has 0 aliphatic rings. The number of hydrogen-bond acceptors (Lipinski definition) is 5. The third-order valence-corrected chi connectivity index (χ3v) is 4.10. The highest BCUT2D eigenvalue weighted by molar-refractivity contribution is 7.99. The molecule has 2 rings (SSSR count). The predicted molar refractivity (Wildman–Crippen MR) is 91.0 cm³/mol. The lowest BCUT2D eigenvalue weighted by atomic mass is 10.1. The van der Waals surface area contributed by atoms with Gasteiger partial charge in [-0.25, -0.2) is 4.79 Å². The van der Waals surface area contributed by atoms with Crippen molar-refractivity contribution in [1.82, 2.24) is 0 Å². The van der Waals surface area contributed by atoms with Crippen molar-refractivity contribution in [2.45, 2.75) is 30.6 Å². The second kappa shape index (κ2) is 7.74. The lowest BCUT2D eigenvalue weighted by Crippen LogP contribution is -1.99. The van der Waals surface area contributed by atoms with Gasteiger partial charge in [-0.1, -0.05) is 41.2 Å². The molecule has 0 aromatic heterocycles. The molecule has 0 atom stereocenters. The lowest BCUT2D eigenvalue weighted by molar-refractivity contribution is -0.140. The first-order valence-electron chi connectivity index (χ1n) is 7.07. The highest BCUT2D eigenvalue weighted by Crippen LogP contribution is 2.28. The van der Waals surface area contributed by atoms with E-state index in [1.54, 1.807) is 25.6 Å². The molecule has 0 saturated carbocycles. The maximum absolute atomic E-state index is 11.3. The number of benzene rings is 2. The van der Waals surface area contributed by atoms with E-state index in [-0.39, 0.29) is 5.78 Å². The van der Waals surface area contributed by atoms with E-state index in [2.05, 4.69) is 9.99 Å². The average Bonchev–Trinajstić information content (AvgIpc) is 2.54. The van der Waals surface area contributed by atoms with Crippen molar-refractivity contribution in [1.29, 1.82) is 0 Å². The normalized spacial score (nSPS) is 11.2. The van der Waals surface area contributed by atoms with Crippen LogP contribution in [0.25, 0.3) is 0 Å². The number of Topliss-reactive ketones (excluding diaryl/α,β-unsaturated/α-hetero) is 1. The van der Waals surface area contributed by atoms with Crippen LogP contribution in [0.4, 0.5) is 0 Å². The monoisotopic (exact) mass is 327 g/mol. The molecular weight excluding hydrogens is 310 g/mol. The first-order chi connectivity index (χ1) is 11.0. The van der Waals surface area contributed by atoms with Gasteiger partial charge in [0.2, 0.25) is 0 Å². The Labute approximate surface area is 139 Å². The lowest BCUT2D eigenvalue weighted by Gasteiger charge is -2.05. The summed E-state index contributed by atoms with van der Waals surface area (Å²) >= 11 is 1.61. The zero-order valence-electron chi connectivity index (χ0n) is 13.2. The Balaban J connectivity index is 2.06. The summed E-state index contributed by atoms with van der Waals surface area (Å²) in [6, 6.07) is 15.3. The quantitative estimate of drug-likeness (QED) is 0.355. The van der Waals surface area contributed by atoms with E-state index in [1.807, 2.05) is 48.5 Å². The van der Waals surface area contributed by atoms with Crippen LogP contribution >= 0.6 is 11.8 Å². The Bertz CT molecular complexity index is 734. The number of carbonyl (C=O) groups excluding carboxylic acids is 2. The summed E-state index contributed by atoms with van der Waals surface area (Å²) in [7, 11) is 0. The molecule has 0 bridgehead atoms. The molecule has 0 aliphatic heterocycles. The van der Waals surface area contributed by atoms with E-state index >= 15 is 0 Å². The van der Waals surface area contributed by atoms with Crippen molar-refractivity contribution in [2.75, 3.05) is 0 Å². The highest BCUT2D eigenvalue weighted by atomic mass is 32.2. The summed E-state index contributed by atoms with van der Waals surface area (Å²) < 4.78 is 0. The van der Waals surface area contributed by atoms with Crippen LogP contribution in [-0.2, 0) is 9.63 Å². The number of nitrogens with zero attached hydrogens (tertiary/aromatic N) is 1. The fraction of sp³-hybridized carbons (Fsp3) is 0.167. The molecule has 2 aromatic carbocycles. The van der Waals surface area contributed by atoms with Gasteiger partial charge in [-0.3, -0.25) is 4.79 Å². The molecule has 0 unspecified atom stereocenters. The Morgan fingerprint density at radius 2 is 1.30 bits per heavy atom. The molecule has 0 N–H and O–H groups in total. The van der Waals surface area contributed by atoms with E-state index in [9.17, 15) is 9.59 Å². The number of oxime groups is 1. The molecule has 0 spiro atoms. The van der Waals surface area contributed by atoms with E-state index in [0.29, 0.717) is 11.3 Å². The van der Waals surface area contributed by atoms with Crippen LogP contribution in [0, 0.1) is 0 Å². The minimum atomic E-state index is -0.439. The molecule has 0 fully saturated rings. The topological polar surface area (TPSA) is 55.7 Å². The summed E-state index contributed by atoms with van der Waals surface area (Å²) in [5.41, 5.74) is 2.24. The number of hydrogen-bond donors (Lipinski definition) is 0. The number of carbonyl (C=O) groups is 2. The van der Waals surface area contributed by atoms with Gasteiger partial charge in [-0.15, -0.1) is 0 Å². The molecule has 4 nitrogen and oxygen atoms in total. The van der Waals surface area contributed by atoms with Crippen molar-refractivity contribution in [2.24, 2.45) is 5.16 Å². The van der Waals surface area contributed by atoms with Gasteiger partial charge >= 0.3 is 5.97 Å². The van der Waals surface area contributed by atoms with Crippen molar-refractivity contribution in [3.63, 3.8) is 0 Å². The minimum Gasteiger partial charge on any atom is -0.318 e. The van der Waals surface area contributed by atoms with Crippen LogP contribution in [0.15, 0.2) is 63.5 Å². The standard InChI is InChI=1S/C18H17NO3S/c1-12(19-22-14(3)21)15-4-8-17(9-5-15)23-18-10-6-16(7-11-18)13(2)20/h4-11H,1-3H3/b19-12+. The zero-order valence-corrected chi connectivity index (χ0v) is 14.0. The fourth-order valence-electron chi connectivity index (χ4n) is 1.84. The van der Waals surface area contributed by atoms with Crippen LogP contribution in [0.5, 0.6) is 0 Å². The predicted octanol–water partition coefficient (Wildman–Crippen LogP) is 4.33. The van der Waals surface area contributed by atoms with Gasteiger partial charge in [0.25, 0.3) is 0 Å². The molecule has 0 saturated heterocycles. The molecular formula is C18H17NO3S. The number of ketones is 1. The van der Waals surface area contributed by atoms with Crippen molar-refractivity contribution < 1.29 is 14.4 Å². The van der Waals surface area contributed by atoms with E-state index in [4.69, 9.17) is 0 Å². The largest absolute Gasteiger partial charge is 0.331 e. The smallest absolute Gasteiger partial charge is 0.318 e. The van der Waals surface area contributed by atoms with Gasteiger partial charge in [0, 0.05) is 22.3 Å². The van der Waals surface area contributed by atoms with Crippen LogP contribution in [0.3, 0.4) is 0 Å². The fourth-order valence-corrected chi connectivity index (χ4v) is 2.66. The Hall–Kier alpha value is -2.40. The third-order valence-electron chi connectivity index (χ3n) is 3.08. The van der Waals surface area contributed by atoms with Gasteiger partial charge < -0.3 is 4.84 Å². The van der Waals surface area contributed by atoms with Gasteiger partial charge in [-0.2, -0.15) is 0 Å². The van der Waals surface area contributed by atoms with Crippen LogP contribution in [-0.4, -0.2) is 17.5 Å². The molecule has 0 amide bonds. The molecule has 118 valence electrons. The number of rotatable bonds is 5. The second-order valence-electron chi connectivity index (χ2n) is 4.97. The molecule has 2 aromatic rings. The van der Waals surface area contributed by atoms with Gasteiger partial charge in [0.05, 0.1) is 5.71 Å². The highest BCUT2D eigenvalue weighted by Gasteiger charge is 2.03. The average molecular weight is 327 g/mol. The van der Waals surface area contributed by atoms with Crippen LogP contribution in [0.2, 0.25) is 0 Å². The molecule has 5 heteroatoms. The zero-order chi connectivity index (χ0) is 16.8. The third kappa shape index (κ3) is 5.07. The maximum atomic E-state index is 11.3. The molecule has 0 aliphatic carbocycles. The van der Waals surface area contributed by atoms with Gasteiger partial charge in [-0.05, 0) is 43.7 Å². The minimum absolute atomic E-state index is 0.0634. The Morgan fingerprint density at radius 1 is 0.826 bits per heavy atom. The SMILES string of the molecule is CC(=O)O/N=C(\C)c1ccc(Sc2ccc(C(C)=O)cc2)cc1. The summed E-state index contributed by atoms with van der Waals surface area (Å²) in [6.07, 6.45) is 0. The summed E-state index contributed by atoms with van der Waals surface area (Å²) in [6.45, 7) is 4.65. The van der Waals surface area contributed by atoms with Crippen molar-refractivity contribution >= 4 is 29.2 Å². The van der Waals surface area contributed by atoms with E-state index in [0.717, 1.165) is 15.4 Å². The van der Waals surface area contributed by atoms with E-state index < -0.39 is 5.97 Å².